The van der Waals surface area contributed by atoms with Crippen LogP contribution in [-0.4, -0.2) is 50.0 Å². The topological polar surface area (TPSA) is 59.6 Å². The van der Waals surface area contributed by atoms with Crippen LogP contribution in [0.3, 0.4) is 0 Å². The van der Waals surface area contributed by atoms with E-state index in [0.717, 1.165) is 26.0 Å². The van der Waals surface area contributed by atoms with Gasteiger partial charge in [0.15, 0.2) is 0 Å². The number of ether oxygens (including phenoxy) is 2. The summed E-state index contributed by atoms with van der Waals surface area (Å²) >= 11 is 0. The summed E-state index contributed by atoms with van der Waals surface area (Å²) < 4.78 is 11.0. The highest BCUT2D eigenvalue weighted by atomic mass is 16.5. The highest BCUT2D eigenvalue weighted by Gasteiger charge is 2.42. The third-order valence-electron chi connectivity index (χ3n) is 4.37. The van der Waals surface area contributed by atoms with Gasteiger partial charge in [0.1, 0.15) is 0 Å². The van der Waals surface area contributed by atoms with E-state index < -0.39 is 0 Å². The van der Waals surface area contributed by atoms with Gasteiger partial charge in [-0.05, 0) is 33.2 Å². The van der Waals surface area contributed by atoms with Crippen molar-refractivity contribution in [2.45, 2.75) is 51.3 Å². The Morgan fingerprint density at radius 3 is 2.84 bits per heavy atom. The van der Waals surface area contributed by atoms with Crippen LogP contribution in [0.1, 0.15) is 33.6 Å². The second-order valence-electron chi connectivity index (χ2n) is 5.87. The molecule has 110 valence electrons. The second-order valence-corrected chi connectivity index (χ2v) is 5.87. The summed E-state index contributed by atoms with van der Waals surface area (Å²) in [7, 11) is 0. The van der Waals surface area contributed by atoms with E-state index in [2.05, 4.69) is 24.5 Å². The van der Waals surface area contributed by atoms with E-state index in [4.69, 9.17) is 9.47 Å². The normalized spacial score (nSPS) is 38.6. The van der Waals surface area contributed by atoms with Crippen molar-refractivity contribution in [1.82, 2.24) is 10.6 Å². The molecule has 4 unspecified atom stereocenters. The van der Waals surface area contributed by atoms with Crippen LogP contribution in [0.2, 0.25) is 0 Å². The summed E-state index contributed by atoms with van der Waals surface area (Å²) in [5.41, 5.74) is -0.241. The van der Waals surface area contributed by atoms with Crippen LogP contribution in [-0.2, 0) is 14.3 Å². The lowest BCUT2D eigenvalue weighted by atomic mass is 9.92. The molecule has 1 amide bonds. The molecule has 0 saturated carbocycles. The van der Waals surface area contributed by atoms with Gasteiger partial charge in [-0.15, -0.1) is 0 Å². The fourth-order valence-corrected chi connectivity index (χ4v) is 2.72. The van der Waals surface area contributed by atoms with E-state index in [1.807, 2.05) is 6.92 Å². The summed E-state index contributed by atoms with van der Waals surface area (Å²) in [5, 5.41) is 6.56. The van der Waals surface area contributed by atoms with Gasteiger partial charge in [-0.3, -0.25) is 4.79 Å². The monoisotopic (exact) mass is 270 g/mol. The van der Waals surface area contributed by atoms with Gasteiger partial charge in [0.2, 0.25) is 5.91 Å². The van der Waals surface area contributed by atoms with Crippen LogP contribution in [0.15, 0.2) is 0 Å². The van der Waals surface area contributed by atoms with Crippen molar-refractivity contribution in [2.24, 2.45) is 5.92 Å². The van der Waals surface area contributed by atoms with Crippen molar-refractivity contribution in [3.8, 4) is 0 Å². The Labute approximate surface area is 115 Å². The molecule has 0 aromatic rings. The number of hydrogen-bond acceptors (Lipinski definition) is 4. The largest absolute Gasteiger partial charge is 0.379 e. The van der Waals surface area contributed by atoms with Gasteiger partial charge in [0.05, 0.1) is 30.8 Å². The lowest BCUT2D eigenvalue weighted by molar-refractivity contribution is -0.127. The molecule has 5 heteroatoms. The molecule has 0 radical (unpaired) electrons. The molecule has 0 aromatic carbocycles. The molecule has 2 heterocycles. The van der Waals surface area contributed by atoms with Gasteiger partial charge in [-0.1, -0.05) is 6.92 Å². The number of rotatable bonds is 5. The van der Waals surface area contributed by atoms with Crippen molar-refractivity contribution in [3.05, 3.63) is 0 Å². The van der Waals surface area contributed by atoms with Crippen LogP contribution in [0, 0.1) is 5.92 Å². The third kappa shape index (κ3) is 3.27. The van der Waals surface area contributed by atoms with Crippen molar-refractivity contribution in [1.29, 1.82) is 0 Å². The lowest BCUT2D eigenvalue weighted by Gasteiger charge is -2.31. The zero-order chi connectivity index (χ0) is 13.9. The van der Waals surface area contributed by atoms with Gasteiger partial charge >= 0.3 is 0 Å². The minimum atomic E-state index is -0.241. The van der Waals surface area contributed by atoms with Gasteiger partial charge in [0, 0.05) is 12.6 Å². The molecule has 2 aliphatic heterocycles. The zero-order valence-corrected chi connectivity index (χ0v) is 12.2. The summed E-state index contributed by atoms with van der Waals surface area (Å²) in [6, 6.07) is 0.140. The summed E-state index contributed by atoms with van der Waals surface area (Å²) in [4.78, 5) is 12.4. The van der Waals surface area contributed by atoms with Crippen LogP contribution in [0.4, 0.5) is 0 Å². The van der Waals surface area contributed by atoms with Crippen molar-refractivity contribution < 1.29 is 14.3 Å². The molecule has 0 bridgehead atoms. The molecule has 2 rings (SSSR count). The van der Waals surface area contributed by atoms with E-state index in [-0.39, 0.29) is 29.5 Å². The first-order valence-electron chi connectivity index (χ1n) is 7.31. The smallest absolute Gasteiger partial charge is 0.227 e. The standard InChI is InChI=1S/C14H26N2O3/c1-4-6-15-12-9-18-8-11(12)13(17)16-14(3)5-7-19-10(14)2/h10-12,15H,4-9H2,1-3H3,(H,16,17). The Morgan fingerprint density at radius 1 is 1.42 bits per heavy atom. The molecule has 0 aliphatic carbocycles. The van der Waals surface area contributed by atoms with Crippen LogP contribution in [0.5, 0.6) is 0 Å². The van der Waals surface area contributed by atoms with Crippen LogP contribution < -0.4 is 10.6 Å². The summed E-state index contributed by atoms with van der Waals surface area (Å²) in [6.45, 7) is 8.99. The predicted molar refractivity (Wildman–Crippen MR) is 73.0 cm³/mol. The first-order valence-corrected chi connectivity index (χ1v) is 7.31. The minimum absolute atomic E-state index is 0.0702. The Balaban J connectivity index is 1.91. The van der Waals surface area contributed by atoms with Crippen molar-refractivity contribution in [3.63, 3.8) is 0 Å². The Bertz CT molecular complexity index is 324. The Hall–Kier alpha value is -0.650. The quantitative estimate of drug-likeness (QED) is 0.771. The molecule has 4 atom stereocenters. The average molecular weight is 270 g/mol. The SMILES string of the molecule is CCCNC1COCC1C(=O)NC1(C)CCOC1C. The second kappa shape index (κ2) is 6.20. The van der Waals surface area contributed by atoms with Gasteiger partial charge in [-0.2, -0.15) is 0 Å². The number of hydrogen-bond donors (Lipinski definition) is 2. The summed E-state index contributed by atoms with van der Waals surface area (Å²) in [5.74, 6) is 0.00197. The van der Waals surface area contributed by atoms with Crippen molar-refractivity contribution in [2.75, 3.05) is 26.4 Å². The highest BCUT2D eigenvalue weighted by Crippen LogP contribution is 2.26. The van der Waals surface area contributed by atoms with E-state index in [0.29, 0.717) is 13.2 Å². The van der Waals surface area contributed by atoms with E-state index in [1.54, 1.807) is 0 Å². The molecule has 2 N–H and O–H groups in total. The molecule has 0 spiro atoms. The molecule has 0 aromatic heterocycles. The third-order valence-corrected chi connectivity index (χ3v) is 4.37. The van der Waals surface area contributed by atoms with Crippen molar-refractivity contribution >= 4 is 5.91 Å². The van der Waals surface area contributed by atoms with Crippen LogP contribution >= 0.6 is 0 Å². The maximum absolute atomic E-state index is 12.4. The van der Waals surface area contributed by atoms with E-state index in [9.17, 15) is 4.79 Å². The molecule has 19 heavy (non-hydrogen) atoms. The first-order chi connectivity index (χ1) is 9.07. The zero-order valence-electron chi connectivity index (χ0n) is 12.2. The predicted octanol–water partition coefficient (Wildman–Crippen LogP) is 0.685. The maximum Gasteiger partial charge on any atom is 0.227 e. The fourth-order valence-electron chi connectivity index (χ4n) is 2.72. The van der Waals surface area contributed by atoms with E-state index >= 15 is 0 Å². The van der Waals surface area contributed by atoms with Gasteiger partial charge < -0.3 is 20.1 Å². The van der Waals surface area contributed by atoms with Gasteiger partial charge in [-0.25, -0.2) is 0 Å². The highest BCUT2D eigenvalue weighted by molar-refractivity contribution is 5.80. The van der Waals surface area contributed by atoms with E-state index in [1.165, 1.54) is 0 Å². The molecule has 2 fully saturated rings. The summed E-state index contributed by atoms with van der Waals surface area (Å²) in [6.07, 6.45) is 2.01. The fraction of sp³-hybridized carbons (Fsp3) is 0.929. The number of amides is 1. The molecule has 5 nitrogen and oxygen atoms in total. The molecular weight excluding hydrogens is 244 g/mol. The minimum Gasteiger partial charge on any atom is -0.379 e. The molecule has 2 aliphatic rings. The Kier molecular flexibility index (Phi) is 4.81. The lowest BCUT2D eigenvalue weighted by Crippen LogP contribution is -2.55. The number of carbonyl (C=O) groups is 1. The van der Waals surface area contributed by atoms with Crippen LogP contribution in [0.25, 0.3) is 0 Å². The maximum atomic E-state index is 12.4. The molecular formula is C14H26N2O3. The molecule has 2 saturated heterocycles. The van der Waals surface area contributed by atoms with Gasteiger partial charge in [0.25, 0.3) is 0 Å². The number of nitrogens with one attached hydrogen (secondary N) is 2. The number of carbonyl (C=O) groups excluding carboxylic acids is 1. The first kappa shape index (κ1) is 14.8. The average Bonchev–Trinajstić information content (AvgIpc) is 2.95. The Morgan fingerprint density at radius 2 is 2.21 bits per heavy atom.